The van der Waals surface area contributed by atoms with Crippen molar-refractivity contribution in [3.8, 4) is 11.4 Å². The number of ketones is 2. The van der Waals surface area contributed by atoms with Crippen molar-refractivity contribution in [1.29, 1.82) is 0 Å². The first kappa shape index (κ1) is 17.0. The van der Waals surface area contributed by atoms with Crippen LogP contribution in [0.25, 0.3) is 11.4 Å². The maximum absolute atomic E-state index is 12.5. The lowest BCUT2D eigenvalue weighted by atomic mass is 10.1. The fraction of sp³-hybridized carbons (Fsp3) is 0.235. The zero-order chi connectivity index (χ0) is 18.1. The van der Waals surface area contributed by atoms with Crippen LogP contribution in [-0.2, 0) is 6.54 Å². The predicted molar refractivity (Wildman–Crippen MR) is 92.9 cm³/mol. The topological polar surface area (TPSA) is 93.5 Å². The van der Waals surface area contributed by atoms with Gasteiger partial charge in [-0.15, -0.1) is 10.2 Å². The Morgan fingerprint density at radius 1 is 1.24 bits per heavy atom. The minimum atomic E-state index is -0.226. The van der Waals surface area contributed by atoms with Gasteiger partial charge in [-0.2, -0.15) is 4.80 Å². The zero-order valence-corrected chi connectivity index (χ0v) is 14.8. The van der Waals surface area contributed by atoms with Crippen LogP contribution >= 0.6 is 11.6 Å². The van der Waals surface area contributed by atoms with Gasteiger partial charge in [0.05, 0.1) is 10.7 Å². The van der Waals surface area contributed by atoms with Crippen LogP contribution in [-0.4, -0.2) is 36.8 Å². The highest BCUT2D eigenvalue weighted by Crippen LogP contribution is 2.24. The molecular formula is C17H16ClN5O2. The van der Waals surface area contributed by atoms with Crippen LogP contribution < -0.4 is 0 Å². The van der Waals surface area contributed by atoms with E-state index in [-0.39, 0.29) is 18.1 Å². The van der Waals surface area contributed by atoms with Crippen molar-refractivity contribution in [2.45, 2.75) is 27.3 Å². The SMILES string of the molecule is CC(=O)c1c(C)[nH]c(C(=O)Cn2nnc(-c3ccccc3Cl)n2)c1C. The minimum absolute atomic E-state index is 0.0785. The summed E-state index contributed by atoms with van der Waals surface area (Å²) in [6.07, 6.45) is 0. The third-order valence-corrected chi connectivity index (χ3v) is 4.25. The van der Waals surface area contributed by atoms with Crippen molar-refractivity contribution in [3.63, 3.8) is 0 Å². The highest BCUT2D eigenvalue weighted by molar-refractivity contribution is 6.33. The smallest absolute Gasteiger partial charge is 0.206 e. The number of tetrazole rings is 1. The van der Waals surface area contributed by atoms with Crippen molar-refractivity contribution < 1.29 is 9.59 Å². The van der Waals surface area contributed by atoms with E-state index in [0.717, 1.165) is 0 Å². The molecule has 0 spiro atoms. The van der Waals surface area contributed by atoms with E-state index in [1.54, 1.807) is 26.0 Å². The van der Waals surface area contributed by atoms with Gasteiger partial charge >= 0.3 is 0 Å². The molecule has 0 saturated heterocycles. The predicted octanol–water partition coefficient (Wildman–Crippen LogP) is 3.02. The molecule has 2 aromatic heterocycles. The summed E-state index contributed by atoms with van der Waals surface area (Å²) in [5.74, 6) is 0.0450. The number of halogens is 1. The molecule has 3 rings (SSSR count). The van der Waals surface area contributed by atoms with Crippen molar-refractivity contribution in [3.05, 3.63) is 51.8 Å². The Bertz CT molecular complexity index is 973. The quantitative estimate of drug-likeness (QED) is 0.708. The van der Waals surface area contributed by atoms with Crippen molar-refractivity contribution in [2.75, 3.05) is 0 Å². The number of carbonyl (C=O) groups excluding carboxylic acids is 2. The van der Waals surface area contributed by atoms with Crippen molar-refractivity contribution in [2.24, 2.45) is 0 Å². The highest BCUT2D eigenvalue weighted by Gasteiger charge is 2.21. The van der Waals surface area contributed by atoms with Gasteiger partial charge in [-0.3, -0.25) is 9.59 Å². The Kier molecular flexibility index (Phi) is 4.50. The lowest BCUT2D eigenvalue weighted by Gasteiger charge is -2.00. The molecule has 7 nitrogen and oxygen atoms in total. The molecule has 0 unspecified atom stereocenters. The summed E-state index contributed by atoms with van der Waals surface area (Å²) < 4.78 is 0. The van der Waals surface area contributed by atoms with Crippen LogP contribution in [0, 0.1) is 13.8 Å². The van der Waals surface area contributed by atoms with Crippen LogP contribution in [0.15, 0.2) is 24.3 Å². The van der Waals surface area contributed by atoms with Crippen LogP contribution in [0.3, 0.4) is 0 Å². The fourth-order valence-electron chi connectivity index (χ4n) is 2.83. The molecule has 0 saturated carbocycles. The number of H-pyrrole nitrogens is 1. The summed E-state index contributed by atoms with van der Waals surface area (Å²) in [5, 5.41) is 12.6. The molecule has 128 valence electrons. The van der Waals surface area contributed by atoms with Gasteiger partial charge < -0.3 is 4.98 Å². The van der Waals surface area contributed by atoms with Gasteiger partial charge in [-0.25, -0.2) is 0 Å². The van der Waals surface area contributed by atoms with Gasteiger partial charge in [-0.05, 0) is 43.7 Å². The second kappa shape index (κ2) is 6.60. The van der Waals surface area contributed by atoms with Gasteiger partial charge in [0.2, 0.25) is 11.6 Å². The number of aryl methyl sites for hydroxylation is 1. The normalized spacial score (nSPS) is 10.9. The van der Waals surface area contributed by atoms with Crippen LogP contribution in [0.1, 0.15) is 39.0 Å². The summed E-state index contributed by atoms with van der Waals surface area (Å²) in [7, 11) is 0. The van der Waals surface area contributed by atoms with Gasteiger partial charge in [0.15, 0.2) is 5.78 Å². The Labute approximate surface area is 149 Å². The molecule has 0 bridgehead atoms. The van der Waals surface area contributed by atoms with Gasteiger partial charge in [0, 0.05) is 16.8 Å². The van der Waals surface area contributed by atoms with E-state index in [9.17, 15) is 9.59 Å². The number of nitrogens with zero attached hydrogens (tertiary/aromatic N) is 4. The van der Waals surface area contributed by atoms with E-state index >= 15 is 0 Å². The Morgan fingerprint density at radius 3 is 2.60 bits per heavy atom. The standard InChI is InChI=1S/C17H16ClN5O2/c1-9-15(11(3)24)10(2)19-16(9)14(25)8-23-21-17(20-22-23)12-6-4-5-7-13(12)18/h4-7,19H,8H2,1-3H3. The first-order valence-corrected chi connectivity index (χ1v) is 8.02. The summed E-state index contributed by atoms with van der Waals surface area (Å²) >= 11 is 6.12. The lowest BCUT2D eigenvalue weighted by Crippen LogP contribution is -2.14. The van der Waals surface area contributed by atoms with Crippen LogP contribution in [0.2, 0.25) is 5.02 Å². The number of aromatic amines is 1. The molecule has 0 amide bonds. The molecule has 0 fully saturated rings. The van der Waals surface area contributed by atoms with Gasteiger partial charge in [0.1, 0.15) is 6.54 Å². The number of nitrogens with one attached hydrogen (secondary N) is 1. The average Bonchev–Trinajstić information content (AvgIpc) is 3.12. The largest absolute Gasteiger partial charge is 0.355 e. The number of aromatic nitrogens is 5. The first-order chi connectivity index (χ1) is 11.9. The second-order valence-corrected chi connectivity index (χ2v) is 6.13. The molecule has 0 aliphatic heterocycles. The molecule has 0 aliphatic rings. The first-order valence-electron chi connectivity index (χ1n) is 7.64. The molecule has 8 heteroatoms. The third kappa shape index (κ3) is 3.23. The Hall–Kier alpha value is -2.80. The molecule has 0 aliphatic carbocycles. The summed E-state index contributed by atoms with van der Waals surface area (Å²) in [6.45, 7) is 4.91. The number of hydrogen-bond acceptors (Lipinski definition) is 5. The van der Waals surface area contributed by atoms with Crippen LogP contribution in [0.5, 0.6) is 0 Å². The zero-order valence-electron chi connectivity index (χ0n) is 14.0. The summed E-state index contributed by atoms with van der Waals surface area (Å²) in [4.78, 5) is 28.4. The number of Topliss-reactive ketones (excluding diaryl/α,β-unsaturated/α-hetero) is 2. The monoisotopic (exact) mass is 357 g/mol. The number of hydrogen-bond donors (Lipinski definition) is 1. The third-order valence-electron chi connectivity index (χ3n) is 3.92. The molecule has 3 aromatic rings. The molecule has 2 heterocycles. The van der Waals surface area contributed by atoms with Crippen molar-refractivity contribution >= 4 is 23.2 Å². The minimum Gasteiger partial charge on any atom is -0.355 e. The average molecular weight is 358 g/mol. The molecule has 0 atom stereocenters. The Balaban J connectivity index is 1.85. The highest BCUT2D eigenvalue weighted by atomic mass is 35.5. The summed E-state index contributed by atoms with van der Waals surface area (Å²) in [6, 6.07) is 7.14. The lowest BCUT2D eigenvalue weighted by molar-refractivity contribution is 0.0956. The Morgan fingerprint density at radius 2 is 1.96 bits per heavy atom. The van der Waals surface area contributed by atoms with E-state index in [0.29, 0.717) is 38.9 Å². The van der Waals surface area contributed by atoms with Crippen LogP contribution in [0.4, 0.5) is 0 Å². The number of carbonyl (C=O) groups is 2. The molecule has 1 N–H and O–H groups in total. The van der Waals surface area contributed by atoms with Gasteiger partial charge in [-0.1, -0.05) is 23.7 Å². The van der Waals surface area contributed by atoms with E-state index in [1.807, 2.05) is 12.1 Å². The summed E-state index contributed by atoms with van der Waals surface area (Å²) in [5.41, 5.74) is 2.90. The van der Waals surface area contributed by atoms with Gasteiger partial charge in [0.25, 0.3) is 0 Å². The van der Waals surface area contributed by atoms with Crippen molar-refractivity contribution in [1.82, 2.24) is 25.2 Å². The molecule has 1 aromatic carbocycles. The molecular weight excluding hydrogens is 342 g/mol. The maximum atomic E-state index is 12.5. The fourth-order valence-corrected chi connectivity index (χ4v) is 3.05. The molecule has 25 heavy (non-hydrogen) atoms. The van der Waals surface area contributed by atoms with E-state index in [2.05, 4.69) is 20.4 Å². The number of rotatable bonds is 5. The second-order valence-electron chi connectivity index (χ2n) is 5.73. The number of benzene rings is 1. The molecule has 0 radical (unpaired) electrons. The van der Waals surface area contributed by atoms with E-state index in [1.165, 1.54) is 11.7 Å². The van der Waals surface area contributed by atoms with E-state index < -0.39 is 0 Å². The van der Waals surface area contributed by atoms with E-state index in [4.69, 9.17) is 11.6 Å². The maximum Gasteiger partial charge on any atom is 0.206 e.